The molecule has 0 heterocycles. The first-order chi connectivity index (χ1) is 19.1. The highest BCUT2D eigenvalue weighted by atomic mass is 16.4. The molecule has 8 N–H and O–H groups in total. The lowest BCUT2D eigenvalue weighted by atomic mass is 10.00. The zero-order chi connectivity index (χ0) is 29.5. The van der Waals surface area contributed by atoms with Crippen molar-refractivity contribution < 1.29 is 24.3 Å². The van der Waals surface area contributed by atoms with Gasteiger partial charge < -0.3 is 32.5 Å². The summed E-state index contributed by atoms with van der Waals surface area (Å²) in [4.78, 5) is 51.4. The third-order valence-electron chi connectivity index (χ3n) is 6.45. The summed E-state index contributed by atoms with van der Waals surface area (Å²) in [6.45, 7) is 4.23. The standard InChI is InChI=1S/C30H43N5O5/c1-20(2)17-25(29(38)35-26(30(39)40)19-22-13-7-4-8-14-22)34-28(37)24(15-9-10-16-31)33-27(36)23(32)18-21-11-5-3-6-12-21/h3-8,11-14,20,23-26H,9-10,15-19,31-32H2,1-2H3,(H,33,36)(H,34,37)(H,35,38)(H,39,40). The number of aliphatic carboxylic acids is 1. The lowest BCUT2D eigenvalue weighted by molar-refractivity contribution is -0.142. The second kappa shape index (κ2) is 17.0. The van der Waals surface area contributed by atoms with Crippen molar-refractivity contribution in [1.82, 2.24) is 16.0 Å². The Morgan fingerprint density at radius 3 is 1.75 bits per heavy atom. The van der Waals surface area contributed by atoms with Crippen LogP contribution in [0.5, 0.6) is 0 Å². The highest BCUT2D eigenvalue weighted by Gasteiger charge is 2.30. The second-order valence-electron chi connectivity index (χ2n) is 10.4. The number of carbonyl (C=O) groups is 4. The van der Waals surface area contributed by atoms with Crippen LogP contribution in [-0.2, 0) is 32.0 Å². The number of hydrogen-bond acceptors (Lipinski definition) is 6. The van der Waals surface area contributed by atoms with Gasteiger partial charge in [0.15, 0.2) is 0 Å². The van der Waals surface area contributed by atoms with Crippen LogP contribution in [0.4, 0.5) is 0 Å². The molecule has 2 aromatic carbocycles. The highest BCUT2D eigenvalue weighted by molar-refractivity contribution is 5.94. The number of unbranched alkanes of at least 4 members (excludes halogenated alkanes) is 1. The van der Waals surface area contributed by atoms with Crippen LogP contribution in [0.2, 0.25) is 0 Å². The molecule has 0 fully saturated rings. The molecule has 0 aliphatic rings. The van der Waals surface area contributed by atoms with Crippen molar-refractivity contribution in [3.05, 3.63) is 71.8 Å². The minimum Gasteiger partial charge on any atom is -0.480 e. The van der Waals surface area contributed by atoms with E-state index in [4.69, 9.17) is 11.5 Å². The van der Waals surface area contributed by atoms with Crippen molar-refractivity contribution in [3.8, 4) is 0 Å². The van der Waals surface area contributed by atoms with Crippen LogP contribution in [0, 0.1) is 5.92 Å². The fraction of sp³-hybridized carbons (Fsp3) is 0.467. The Hall–Kier alpha value is -3.76. The molecular weight excluding hydrogens is 510 g/mol. The molecule has 0 spiro atoms. The van der Waals surface area contributed by atoms with Gasteiger partial charge in [-0.3, -0.25) is 14.4 Å². The van der Waals surface area contributed by atoms with Crippen LogP contribution in [0.15, 0.2) is 60.7 Å². The Morgan fingerprint density at radius 2 is 1.23 bits per heavy atom. The van der Waals surface area contributed by atoms with E-state index >= 15 is 0 Å². The largest absolute Gasteiger partial charge is 0.480 e. The van der Waals surface area contributed by atoms with Gasteiger partial charge in [0.05, 0.1) is 6.04 Å². The predicted octanol–water partition coefficient (Wildman–Crippen LogP) is 1.51. The molecule has 4 unspecified atom stereocenters. The molecule has 218 valence electrons. The summed E-state index contributed by atoms with van der Waals surface area (Å²) < 4.78 is 0. The monoisotopic (exact) mass is 553 g/mol. The highest BCUT2D eigenvalue weighted by Crippen LogP contribution is 2.10. The van der Waals surface area contributed by atoms with Crippen molar-refractivity contribution in [2.75, 3.05) is 6.54 Å². The third-order valence-corrected chi connectivity index (χ3v) is 6.45. The van der Waals surface area contributed by atoms with E-state index in [1.807, 2.05) is 50.2 Å². The number of carbonyl (C=O) groups excluding carboxylic acids is 3. The van der Waals surface area contributed by atoms with E-state index in [1.54, 1.807) is 24.3 Å². The molecule has 10 nitrogen and oxygen atoms in total. The van der Waals surface area contributed by atoms with E-state index in [2.05, 4.69) is 16.0 Å². The molecule has 3 amide bonds. The normalized spacial score (nSPS) is 14.0. The van der Waals surface area contributed by atoms with Gasteiger partial charge in [0.25, 0.3) is 0 Å². The van der Waals surface area contributed by atoms with E-state index in [9.17, 15) is 24.3 Å². The maximum Gasteiger partial charge on any atom is 0.326 e. The molecule has 0 bridgehead atoms. The summed E-state index contributed by atoms with van der Waals surface area (Å²) in [5, 5.41) is 17.8. The summed E-state index contributed by atoms with van der Waals surface area (Å²) in [5.74, 6) is -2.76. The fourth-order valence-corrected chi connectivity index (χ4v) is 4.30. The number of amides is 3. The smallest absolute Gasteiger partial charge is 0.326 e. The maximum atomic E-state index is 13.4. The number of nitrogens with one attached hydrogen (secondary N) is 3. The molecule has 10 heteroatoms. The lowest BCUT2D eigenvalue weighted by Gasteiger charge is -2.26. The maximum absolute atomic E-state index is 13.4. The lowest BCUT2D eigenvalue weighted by Crippen LogP contribution is -2.57. The summed E-state index contributed by atoms with van der Waals surface area (Å²) in [6.07, 6.45) is 2.25. The van der Waals surface area contributed by atoms with Gasteiger partial charge in [0.1, 0.15) is 18.1 Å². The first-order valence-electron chi connectivity index (χ1n) is 13.8. The molecule has 0 saturated heterocycles. The summed E-state index contributed by atoms with van der Waals surface area (Å²) in [7, 11) is 0. The number of hydrogen-bond donors (Lipinski definition) is 6. The van der Waals surface area contributed by atoms with E-state index in [-0.39, 0.29) is 18.8 Å². The summed E-state index contributed by atoms with van der Waals surface area (Å²) in [6, 6.07) is 14.4. The van der Waals surface area contributed by atoms with Crippen molar-refractivity contribution >= 4 is 23.7 Å². The molecular formula is C30H43N5O5. The van der Waals surface area contributed by atoms with Gasteiger partial charge in [-0.05, 0) is 55.7 Å². The van der Waals surface area contributed by atoms with E-state index in [1.165, 1.54) is 0 Å². The van der Waals surface area contributed by atoms with Crippen LogP contribution < -0.4 is 27.4 Å². The van der Waals surface area contributed by atoms with Crippen LogP contribution in [0.25, 0.3) is 0 Å². The first kappa shape index (κ1) is 32.5. The molecule has 4 atom stereocenters. The number of rotatable bonds is 17. The van der Waals surface area contributed by atoms with Crippen LogP contribution >= 0.6 is 0 Å². The Balaban J connectivity index is 2.12. The van der Waals surface area contributed by atoms with E-state index < -0.39 is 47.9 Å². The molecule has 0 aromatic heterocycles. The average Bonchev–Trinajstić information content (AvgIpc) is 2.92. The number of benzene rings is 2. The Bertz CT molecular complexity index is 1080. The second-order valence-corrected chi connectivity index (χ2v) is 10.4. The van der Waals surface area contributed by atoms with Crippen molar-refractivity contribution in [2.24, 2.45) is 17.4 Å². The Kier molecular flexibility index (Phi) is 13.8. The molecule has 2 aromatic rings. The minimum absolute atomic E-state index is 0.0260. The number of nitrogens with two attached hydrogens (primary N) is 2. The zero-order valence-corrected chi connectivity index (χ0v) is 23.3. The van der Waals surface area contributed by atoms with Crippen LogP contribution in [-0.4, -0.2) is 59.5 Å². The fourth-order valence-electron chi connectivity index (χ4n) is 4.30. The van der Waals surface area contributed by atoms with Crippen LogP contribution in [0.3, 0.4) is 0 Å². The Morgan fingerprint density at radius 1 is 0.725 bits per heavy atom. The predicted molar refractivity (Wildman–Crippen MR) is 154 cm³/mol. The van der Waals surface area contributed by atoms with Crippen molar-refractivity contribution in [1.29, 1.82) is 0 Å². The van der Waals surface area contributed by atoms with Gasteiger partial charge in [-0.1, -0.05) is 74.5 Å². The Labute approximate surface area is 236 Å². The molecule has 0 aliphatic carbocycles. The summed E-state index contributed by atoms with van der Waals surface area (Å²) >= 11 is 0. The minimum atomic E-state index is -1.17. The summed E-state index contributed by atoms with van der Waals surface area (Å²) in [5.41, 5.74) is 13.4. The van der Waals surface area contributed by atoms with E-state index in [0.717, 1.165) is 11.1 Å². The topological polar surface area (TPSA) is 177 Å². The average molecular weight is 554 g/mol. The van der Waals surface area contributed by atoms with Gasteiger partial charge in [-0.15, -0.1) is 0 Å². The molecule has 40 heavy (non-hydrogen) atoms. The SMILES string of the molecule is CC(C)CC(NC(=O)C(CCCCN)NC(=O)C(N)Cc1ccccc1)C(=O)NC(Cc1ccccc1)C(=O)O. The van der Waals surface area contributed by atoms with Crippen LogP contribution in [0.1, 0.15) is 50.7 Å². The van der Waals surface area contributed by atoms with Crippen molar-refractivity contribution in [2.45, 2.75) is 76.5 Å². The van der Waals surface area contributed by atoms with Gasteiger partial charge >= 0.3 is 5.97 Å². The molecule has 0 aliphatic heterocycles. The van der Waals surface area contributed by atoms with Gasteiger partial charge in [0, 0.05) is 6.42 Å². The number of carboxylic acid groups (broad SMARTS) is 1. The number of carboxylic acids is 1. The van der Waals surface area contributed by atoms with Gasteiger partial charge in [-0.25, -0.2) is 4.79 Å². The molecule has 0 radical (unpaired) electrons. The molecule has 0 saturated carbocycles. The molecule has 2 rings (SSSR count). The quantitative estimate of drug-likeness (QED) is 0.161. The van der Waals surface area contributed by atoms with Crippen molar-refractivity contribution in [3.63, 3.8) is 0 Å². The van der Waals surface area contributed by atoms with Gasteiger partial charge in [0.2, 0.25) is 17.7 Å². The van der Waals surface area contributed by atoms with Gasteiger partial charge in [-0.2, -0.15) is 0 Å². The first-order valence-corrected chi connectivity index (χ1v) is 13.8. The third kappa shape index (κ3) is 11.5. The zero-order valence-electron chi connectivity index (χ0n) is 23.3. The van der Waals surface area contributed by atoms with E-state index in [0.29, 0.717) is 32.2 Å².